The number of aromatic nitrogens is 1. The van der Waals surface area contributed by atoms with Crippen LogP contribution in [0.5, 0.6) is 0 Å². The largest absolute Gasteiger partial charge is 0.368 e. The molecule has 0 amide bonds. The Labute approximate surface area is 313 Å². The summed E-state index contributed by atoms with van der Waals surface area (Å²) in [6, 6.07) is 35.0. The van der Waals surface area contributed by atoms with Crippen LogP contribution in [-0.4, -0.2) is 49.6 Å². The van der Waals surface area contributed by atoms with Crippen molar-refractivity contribution in [3.63, 3.8) is 0 Å². The zero-order valence-electron chi connectivity index (χ0n) is 29.1. The fourth-order valence-corrected chi connectivity index (χ4v) is 10.1. The molecular weight excluding hydrogens is 693 g/mol. The summed E-state index contributed by atoms with van der Waals surface area (Å²) in [6.45, 7) is 4.25. The lowest BCUT2D eigenvalue weighted by Gasteiger charge is -2.50. The van der Waals surface area contributed by atoms with Crippen LogP contribution in [-0.2, 0) is 21.9 Å². The van der Waals surface area contributed by atoms with Crippen molar-refractivity contribution < 1.29 is 8.42 Å². The molecule has 6 aromatic rings. The van der Waals surface area contributed by atoms with Gasteiger partial charge in [0.1, 0.15) is 0 Å². The van der Waals surface area contributed by atoms with Gasteiger partial charge in [-0.1, -0.05) is 90.8 Å². The van der Waals surface area contributed by atoms with E-state index >= 15 is 0 Å². The summed E-state index contributed by atoms with van der Waals surface area (Å²) in [7, 11) is -3.14. The highest BCUT2D eigenvalue weighted by Crippen LogP contribution is 2.57. The van der Waals surface area contributed by atoms with Crippen molar-refractivity contribution in [2.75, 3.05) is 36.8 Å². The van der Waals surface area contributed by atoms with E-state index in [1.807, 2.05) is 30.6 Å². The lowest BCUT2D eigenvalue weighted by molar-refractivity contribution is 0.180. The highest BCUT2D eigenvalue weighted by atomic mass is 35.5. The van der Waals surface area contributed by atoms with Crippen LogP contribution < -0.4 is 4.90 Å². The first kappa shape index (κ1) is 35.7. The van der Waals surface area contributed by atoms with E-state index in [4.69, 9.17) is 11.6 Å². The lowest BCUT2D eigenvalue weighted by Crippen LogP contribution is -2.49. The first-order valence-corrected chi connectivity index (χ1v) is 20.1. The summed E-state index contributed by atoms with van der Waals surface area (Å²) in [6.07, 6.45) is 11.1. The minimum Gasteiger partial charge on any atom is -0.368 e. The highest BCUT2D eigenvalue weighted by Gasteiger charge is 2.47. The third kappa shape index (κ3) is 6.61. The molecule has 3 aliphatic rings. The number of anilines is 1. The minimum absolute atomic E-state index is 0. The number of sulfonamides is 1. The molecule has 0 radical (unpaired) electrons. The number of fused-ring (bicyclic) bond motifs is 6. The summed E-state index contributed by atoms with van der Waals surface area (Å²) >= 11 is 6.26. The monoisotopic (exact) mass is 737 g/mol. The summed E-state index contributed by atoms with van der Waals surface area (Å²) in [4.78, 5) is 6.37. The van der Waals surface area contributed by atoms with Crippen molar-refractivity contribution in [1.29, 1.82) is 0 Å². The molecule has 2 fully saturated rings. The fourth-order valence-electron chi connectivity index (χ4n) is 8.92. The molecule has 1 atom stereocenters. The molecule has 1 saturated carbocycles. The Balaban J connectivity index is 0.000000317. The van der Waals surface area contributed by atoms with Gasteiger partial charge in [-0.05, 0) is 113 Å². The second-order valence-corrected chi connectivity index (χ2v) is 16.8. The van der Waals surface area contributed by atoms with E-state index in [1.165, 1.54) is 75.7 Å². The number of halogens is 2. The van der Waals surface area contributed by atoms with Crippen molar-refractivity contribution in [2.45, 2.75) is 56.8 Å². The SMILES string of the molecule is CCS(=O)(=O)N1CCN(c2cccc3c2ccc2c4c(ccc23)C(C2(c3ccc(Cl)cc3)CCC2)CCC4)CC1.Cl.c1ccc2cnccc2c1. The number of aryl methyl sites for hydroxylation is 1. The van der Waals surface area contributed by atoms with E-state index in [-0.39, 0.29) is 23.6 Å². The van der Waals surface area contributed by atoms with E-state index in [0.29, 0.717) is 19.0 Å². The number of pyridine rings is 1. The minimum atomic E-state index is -3.14. The maximum Gasteiger partial charge on any atom is 0.213 e. The summed E-state index contributed by atoms with van der Waals surface area (Å²) < 4.78 is 26.4. The number of hydrogen-bond donors (Lipinski definition) is 0. The first-order valence-electron chi connectivity index (χ1n) is 18.1. The van der Waals surface area contributed by atoms with Gasteiger partial charge in [-0.2, -0.15) is 4.31 Å². The summed E-state index contributed by atoms with van der Waals surface area (Å²) in [5, 5.41) is 8.54. The van der Waals surface area contributed by atoms with E-state index in [2.05, 4.69) is 88.7 Å². The Kier molecular flexibility index (Phi) is 10.3. The average Bonchev–Trinajstić information content (AvgIpc) is 3.15. The molecule has 1 aliphatic heterocycles. The van der Waals surface area contributed by atoms with E-state index < -0.39 is 10.0 Å². The fraction of sp³-hybridized carbons (Fsp3) is 0.326. The van der Waals surface area contributed by atoms with Crippen LogP contribution >= 0.6 is 24.0 Å². The van der Waals surface area contributed by atoms with Gasteiger partial charge in [-0.3, -0.25) is 4.98 Å². The van der Waals surface area contributed by atoms with Crippen LogP contribution in [0.2, 0.25) is 5.02 Å². The average molecular weight is 739 g/mol. The maximum absolute atomic E-state index is 12.4. The predicted molar refractivity (Wildman–Crippen MR) is 216 cm³/mol. The number of nitrogens with zero attached hydrogens (tertiary/aromatic N) is 3. The van der Waals surface area contributed by atoms with Gasteiger partial charge in [-0.15, -0.1) is 12.4 Å². The molecule has 2 heterocycles. The van der Waals surface area contributed by atoms with Crippen molar-refractivity contribution in [3.05, 3.63) is 131 Å². The van der Waals surface area contributed by atoms with Gasteiger partial charge in [0, 0.05) is 60.1 Å². The molecule has 5 nitrogen and oxygen atoms in total. The molecule has 1 unspecified atom stereocenters. The van der Waals surface area contributed by atoms with Gasteiger partial charge >= 0.3 is 0 Å². The number of piperazine rings is 1. The molecule has 0 N–H and O–H groups in total. The standard InChI is InChI=1S/C34H37ClN2O2S.C9H7N.ClH/c1-2-40(38,39)37-22-20-36(21-23-37)33-9-4-7-27-29-14-16-30-26(28(29)15-17-31(27)33)6-3-8-32(30)34(18-5-19-34)24-10-12-25(35)13-11-24;1-2-4-9-7-10-6-5-8(9)3-1;/h4,7,9-17,32H,2-3,5-6,8,18-23H2,1H3;1-7H;1H. The zero-order valence-corrected chi connectivity index (χ0v) is 31.5. The molecule has 8 heteroatoms. The van der Waals surface area contributed by atoms with Crippen LogP contribution in [0.25, 0.3) is 32.3 Å². The van der Waals surface area contributed by atoms with Gasteiger partial charge in [-0.25, -0.2) is 8.42 Å². The molecule has 51 heavy (non-hydrogen) atoms. The van der Waals surface area contributed by atoms with E-state index in [1.54, 1.807) is 22.4 Å². The van der Waals surface area contributed by atoms with Crippen molar-refractivity contribution in [3.8, 4) is 0 Å². The van der Waals surface area contributed by atoms with Crippen molar-refractivity contribution in [2.24, 2.45) is 0 Å². The quantitative estimate of drug-likeness (QED) is 0.165. The molecule has 264 valence electrons. The molecule has 1 saturated heterocycles. The number of rotatable bonds is 5. The van der Waals surface area contributed by atoms with Crippen LogP contribution in [0.15, 0.2) is 109 Å². The summed E-state index contributed by atoms with van der Waals surface area (Å²) in [5.41, 5.74) is 5.98. The van der Waals surface area contributed by atoms with Gasteiger partial charge in [0.15, 0.2) is 0 Å². The van der Waals surface area contributed by atoms with Gasteiger partial charge in [0.05, 0.1) is 5.75 Å². The Hall–Kier alpha value is -3.68. The molecule has 0 spiro atoms. The predicted octanol–water partition coefficient (Wildman–Crippen LogP) is 10.3. The lowest BCUT2D eigenvalue weighted by atomic mass is 9.53. The molecule has 5 aromatic carbocycles. The maximum atomic E-state index is 12.4. The second kappa shape index (κ2) is 14.7. The third-order valence-corrected chi connectivity index (χ3v) is 13.8. The van der Waals surface area contributed by atoms with Gasteiger partial charge in [0.2, 0.25) is 10.0 Å². The van der Waals surface area contributed by atoms with E-state index in [9.17, 15) is 8.42 Å². The Morgan fingerprint density at radius 3 is 2.18 bits per heavy atom. The molecule has 2 aliphatic carbocycles. The van der Waals surface area contributed by atoms with Crippen molar-refractivity contribution in [1.82, 2.24) is 9.29 Å². The molecule has 9 rings (SSSR count). The number of hydrogen-bond acceptors (Lipinski definition) is 4. The van der Waals surface area contributed by atoms with Gasteiger partial charge < -0.3 is 4.90 Å². The normalized spacial score (nSPS) is 18.7. The third-order valence-electron chi connectivity index (χ3n) is 11.7. The van der Waals surface area contributed by atoms with Crippen LogP contribution in [0.4, 0.5) is 5.69 Å². The zero-order chi connectivity index (χ0) is 34.3. The Bertz CT molecular complexity index is 2220. The summed E-state index contributed by atoms with van der Waals surface area (Å²) in [5.74, 6) is 0.715. The van der Waals surface area contributed by atoms with Crippen molar-refractivity contribution >= 4 is 72.0 Å². The first-order chi connectivity index (χ1) is 24.4. The molecule has 1 aromatic heterocycles. The topological polar surface area (TPSA) is 53.5 Å². The van der Waals surface area contributed by atoms with Crippen LogP contribution in [0, 0.1) is 0 Å². The number of benzene rings is 5. The smallest absolute Gasteiger partial charge is 0.213 e. The van der Waals surface area contributed by atoms with Gasteiger partial charge in [0.25, 0.3) is 0 Å². The highest BCUT2D eigenvalue weighted by molar-refractivity contribution is 7.89. The molecular formula is C43H45Cl2N3O2S. The second-order valence-electron chi connectivity index (χ2n) is 14.1. The Morgan fingerprint density at radius 1 is 0.765 bits per heavy atom. The Morgan fingerprint density at radius 2 is 1.47 bits per heavy atom. The van der Waals surface area contributed by atoms with E-state index in [0.717, 1.165) is 24.5 Å². The van der Waals surface area contributed by atoms with Crippen LogP contribution in [0.1, 0.15) is 61.6 Å². The van der Waals surface area contributed by atoms with Crippen LogP contribution in [0.3, 0.4) is 0 Å². The molecule has 0 bridgehead atoms.